The molecule has 4 aromatic rings. The van der Waals surface area contributed by atoms with Crippen molar-refractivity contribution in [2.24, 2.45) is 0 Å². The molecule has 0 unspecified atom stereocenters. The molecule has 3 aromatic carbocycles. The second-order valence-electron chi connectivity index (χ2n) is 14.3. The minimum Gasteiger partial charge on any atom is -0.462 e. The number of aromatic nitrogens is 2. The van der Waals surface area contributed by atoms with E-state index in [2.05, 4.69) is 97.2 Å². The first-order valence-electron chi connectivity index (χ1n) is 18.9. The van der Waals surface area contributed by atoms with Gasteiger partial charge in [0.25, 0.3) is 0 Å². The Hall–Kier alpha value is -3.96. The molecule has 3 aliphatic rings. The van der Waals surface area contributed by atoms with Crippen LogP contribution in [-0.2, 0) is 29.1 Å². The molecule has 2 atom stereocenters. The molecule has 0 N–H and O–H groups in total. The van der Waals surface area contributed by atoms with Gasteiger partial charge in [-0.25, -0.2) is 6.57 Å². The van der Waals surface area contributed by atoms with Crippen molar-refractivity contribution in [1.82, 2.24) is 19.8 Å². The van der Waals surface area contributed by atoms with Gasteiger partial charge in [-0.1, -0.05) is 54.6 Å². The highest BCUT2D eigenvalue weighted by Crippen LogP contribution is 2.37. The topological polar surface area (TPSA) is 78.6 Å². The van der Waals surface area contributed by atoms with E-state index in [9.17, 15) is 4.79 Å². The predicted octanol–water partition coefficient (Wildman–Crippen LogP) is 7.41. The summed E-state index contributed by atoms with van der Waals surface area (Å²) in [5.74, 6) is 0.705. The lowest BCUT2D eigenvalue weighted by molar-refractivity contribution is -0.128. The van der Waals surface area contributed by atoms with Crippen LogP contribution in [-0.4, -0.2) is 96.8 Å². The molecular weight excluding hydrogens is 813 g/mol. The summed E-state index contributed by atoms with van der Waals surface area (Å²) in [4.78, 5) is 35.4. The Morgan fingerprint density at radius 2 is 1.89 bits per heavy atom. The van der Waals surface area contributed by atoms with Crippen LogP contribution in [0.1, 0.15) is 42.5 Å². The van der Waals surface area contributed by atoms with E-state index in [1.165, 1.54) is 15.2 Å². The number of fused-ring (bicyclic) bond motifs is 2. The van der Waals surface area contributed by atoms with E-state index in [0.29, 0.717) is 51.4 Å². The molecule has 54 heavy (non-hydrogen) atoms. The van der Waals surface area contributed by atoms with Gasteiger partial charge in [0.2, 0.25) is 12.5 Å². The smallest absolute Gasteiger partial charge is 0.318 e. The Labute approximate surface area is 337 Å². The number of ether oxygens (including phenoxy) is 2. The van der Waals surface area contributed by atoms with E-state index >= 15 is 0 Å². The number of halogens is 2. The van der Waals surface area contributed by atoms with Crippen molar-refractivity contribution in [1.29, 1.82) is 0 Å². The summed E-state index contributed by atoms with van der Waals surface area (Å²) in [7, 11) is 0. The van der Waals surface area contributed by atoms with Crippen molar-refractivity contribution in [3.05, 3.63) is 110 Å². The Kier molecular flexibility index (Phi) is 12.9. The first-order valence-corrected chi connectivity index (χ1v) is 20.4. The van der Waals surface area contributed by atoms with Gasteiger partial charge in [0, 0.05) is 59.0 Å². The van der Waals surface area contributed by atoms with Crippen LogP contribution in [0.5, 0.6) is 6.01 Å². The van der Waals surface area contributed by atoms with Gasteiger partial charge in [-0.3, -0.25) is 9.69 Å². The van der Waals surface area contributed by atoms with Crippen molar-refractivity contribution in [2.45, 2.75) is 57.3 Å². The first kappa shape index (κ1) is 38.3. The van der Waals surface area contributed by atoms with Crippen LogP contribution in [0.15, 0.2) is 73.3 Å². The van der Waals surface area contributed by atoms with E-state index in [4.69, 9.17) is 37.6 Å². The maximum absolute atomic E-state index is 12.7. The van der Waals surface area contributed by atoms with E-state index in [-0.39, 0.29) is 18.5 Å². The minimum atomic E-state index is -0.255. The molecule has 0 bridgehead atoms. The molecule has 7 rings (SSSR count). The predicted molar refractivity (Wildman–Crippen MR) is 223 cm³/mol. The zero-order valence-corrected chi connectivity index (χ0v) is 33.6. The molecule has 3 aliphatic heterocycles. The van der Waals surface area contributed by atoms with Crippen molar-refractivity contribution in [3.63, 3.8) is 0 Å². The second-order valence-corrected chi connectivity index (χ2v) is 15.9. The van der Waals surface area contributed by atoms with Crippen molar-refractivity contribution >= 4 is 62.4 Å². The van der Waals surface area contributed by atoms with Gasteiger partial charge in [0.1, 0.15) is 18.5 Å². The first-order chi connectivity index (χ1) is 26.4. The largest absolute Gasteiger partial charge is 0.462 e. The molecule has 4 heterocycles. The fraction of sp³-hybridized carbons (Fsp3) is 0.429. The highest BCUT2D eigenvalue weighted by molar-refractivity contribution is 14.1. The van der Waals surface area contributed by atoms with Gasteiger partial charge in [0.15, 0.2) is 0 Å². The molecular formula is C42H47ClIN7O3. The third-order valence-electron chi connectivity index (χ3n) is 10.8. The number of anilines is 2. The van der Waals surface area contributed by atoms with Crippen molar-refractivity contribution in [2.75, 3.05) is 68.8 Å². The number of rotatable bonds is 14. The lowest BCUT2D eigenvalue weighted by atomic mass is 10.0. The van der Waals surface area contributed by atoms with Crippen molar-refractivity contribution < 1.29 is 14.3 Å². The van der Waals surface area contributed by atoms with Gasteiger partial charge in [-0.05, 0) is 109 Å². The molecule has 10 nitrogen and oxygen atoms in total. The van der Waals surface area contributed by atoms with Gasteiger partial charge >= 0.3 is 6.01 Å². The summed E-state index contributed by atoms with van der Waals surface area (Å²) in [6, 6.07) is 21.2. The number of hydrogen-bond acceptors (Lipinski definition) is 8. The van der Waals surface area contributed by atoms with Gasteiger partial charge in [-0.15, -0.1) is 0 Å². The molecule has 2 saturated heterocycles. The third-order valence-corrected chi connectivity index (χ3v) is 11.8. The molecule has 2 fully saturated rings. The van der Waals surface area contributed by atoms with Crippen molar-refractivity contribution in [3.8, 4) is 6.01 Å². The van der Waals surface area contributed by atoms with Crippen LogP contribution in [0.2, 0.25) is 5.02 Å². The number of carbonyl (C=O) groups excluding carboxylic acids is 1. The summed E-state index contributed by atoms with van der Waals surface area (Å²) >= 11 is 9.11. The molecule has 282 valence electrons. The second kappa shape index (κ2) is 18.1. The standard InChI is InChI=1S/C42H47ClIN7O3/c1-3-39(52)51-22-21-50(26-34(51)25-45-2)41-35-17-20-49(38-16-8-12-31-11-7-15-36(43)40(31)38)27-37(35)46-42(47-41)54-29-33-14-9-19-48(33)18-4-5-23-53-28-30-10-6-13-32(44)24-30/h3,6-8,10-13,15-16,24,33-34H,1,4-5,9,14,17-23,25-29H2/t33-,34-/m0/s1. The Bertz CT molecular complexity index is 2000. The summed E-state index contributed by atoms with van der Waals surface area (Å²) in [6.45, 7) is 18.5. The molecule has 0 saturated carbocycles. The summed E-state index contributed by atoms with van der Waals surface area (Å²) in [5, 5.41) is 2.88. The number of piperazine rings is 1. The van der Waals surface area contributed by atoms with E-state index in [1.54, 1.807) is 4.90 Å². The van der Waals surface area contributed by atoms with E-state index in [1.807, 2.05) is 12.1 Å². The SMILES string of the molecule is [C-]#[N+]C[C@H]1CN(c2nc(OC[C@@H]3CCCN3CCCCOCc3cccc(I)c3)nc3c2CCN(c2cccc4cccc(Cl)c24)C3)CCN1C(=O)C=C. The summed E-state index contributed by atoms with van der Waals surface area (Å²) in [6.07, 6.45) is 6.40. The van der Waals surface area contributed by atoms with Gasteiger partial charge < -0.3 is 29.0 Å². The maximum atomic E-state index is 12.7. The average molecular weight is 860 g/mol. The number of carbonyl (C=O) groups is 1. The van der Waals surface area contributed by atoms with Crippen LogP contribution in [0.3, 0.4) is 0 Å². The van der Waals surface area contributed by atoms with Gasteiger partial charge in [0.05, 0.1) is 23.9 Å². The number of hydrogen-bond donors (Lipinski definition) is 0. The van der Waals surface area contributed by atoms with Crippen LogP contribution in [0, 0.1) is 10.1 Å². The lowest BCUT2D eigenvalue weighted by Gasteiger charge is -2.41. The fourth-order valence-corrected chi connectivity index (χ4v) is 8.95. The van der Waals surface area contributed by atoms with E-state index < -0.39 is 0 Å². The number of benzene rings is 3. The average Bonchev–Trinajstić information content (AvgIpc) is 3.64. The highest BCUT2D eigenvalue weighted by atomic mass is 127. The Balaban J connectivity index is 1.06. The zero-order chi connectivity index (χ0) is 37.4. The van der Waals surface area contributed by atoms with Crippen LogP contribution >= 0.6 is 34.2 Å². The maximum Gasteiger partial charge on any atom is 0.318 e. The Morgan fingerprint density at radius 1 is 1.04 bits per heavy atom. The number of nitrogens with zero attached hydrogens (tertiary/aromatic N) is 7. The molecule has 0 spiro atoms. The molecule has 0 aliphatic carbocycles. The number of unbranched alkanes of at least 4 members (excludes halogenated alkanes) is 1. The lowest BCUT2D eigenvalue weighted by Crippen LogP contribution is -2.56. The highest BCUT2D eigenvalue weighted by Gasteiger charge is 2.35. The number of likely N-dealkylation sites (tertiary alicyclic amines) is 1. The summed E-state index contributed by atoms with van der Waals surface area (Å²) < 4.78 is 13.7. The normalized spacial score (nSPS) is 18.8. The number of amides is 1. The minimum absolute atomic E-state index is 0.142. The van der Waals surface area contributed by atoms with Crippen LogP contribution in [0.25, 0.3) is 15.6 Å². The monoisotopic (exact) mass is 859 g/mol. The van der Waals surface area contributed by atoms with E-state index in [0.717, 1.165) is 96.9 Å². The van der Waals surface area contributed by atoms with Gasteiger partial charge in [-0.2, -0.15) is 9.97 Å². The zero-order valence-electron chi connectivity index (χ0n) is 30.6. The van der Waals surface area contributed by atoms with Crippen LogP contribution < -0.4 is 14.5 Å². The molecule has 1 amide bonds. The molecule has 1 aromatic heterocycles. The quantitative estimate of drug-likeness (QED) is 0.0562. The Morgan fingerprint density at radius 3 is 2.72 bits per heavy atom. The summed E-state index contributed by atoms with van der Waals surface area (Å²) in [5.41, 5.74) is 4.33. The third kappa shape index (κ3) is 8.94. The van der Waals surface area contributed by atoms with Crippen LogP contribution in [0.4, 0.5) is 11.5 Å². The molecule has 12 heteroatoms. The molecule has 0 radical (unpaired) electrons. The fourth-order valence-electron chi connectivity index (χ4n) is 8.06.